The number of pyridine rings is 1. The van der Waals surface area contributed by atoms with Gasteiger partial charge >= 0.3 is 0 Å². The van der Waals surface area contributed by atoms with Crippen LogP contribution in [0.4, 0.5) is 5.69 Å². The second-order valence-electron chi connectivity index (χ2n) is 5.92. The van der Waals surface area contributed by atoms with Crippen molar-refractivity contribution in [2.24, 2.45) is 0 Å². The van der Waals surface area contributed by atoms with Crippen LogP contribution in [0.25, 0.3) is 21.7 Å². The molecule has 0 aliphatic rings. The average Bonchev–Trinajstić information content (AvgIpc) is 2.68. The van der Waals surface area contributed by atoms with Crippen LogP contribution in [0.2, 0.25) is 5.02 Å². The first kappa shape index (κ1) is 17.4. The van der Waals surface area contributed by atoms with E-state index in [9.17, 15) is 4.79 Å². The van der Waals surface area contributed by atoms with Crippen LogP contribution in [0.1, 0.15) is 10.4 Å². The van der Waals surface area contributed by atoms with Crippen LogP contribution in [0, 0.1) is 0 Å². The lowest BCUT2D eigenvalue weighted by Gasteiger charge is -2.12. The summed E-state index contributed by atoms with van der Waals surface area (Å²) >= 11 is 11.6. The number of benzene rings is 3. The van der Waals surface area contributed by atoms with Crippen LogP contribution in [0.3, 0.4) is 0 Å². The number of nitrogens with zero attached hydrogens (tertiary/aromatic N) is 1. The SMILES string of the molecule is O=C(NC(=S)Nc1cccc2ncccc12)c1cccc2c(Cl)cccc12. The van der Waals surface area contributed by atoms with Crippen LogP contribution in [0.15, 0.2) is 72.9 Å². The highest BCUT2D eigenvalue weighted by molar-refractivity contribution is 7.80. The van der Waals surface area contributed by atoms with E-state index in [2.05, 4.69) is 15.6 Å². The maximum absolute atomic E-state index is 12.7. The molecule has 0 radical (unpaired) electrons. The third-order valence-corrected chi connectivity index (χ3v) is 4.77. The van der Waals surface area contributed by atoms with Crippen molar-refractivity contribution >= 4 is 62.2 Å². The fraction of sp³-hybridized carbons (Fsp3) is 0. The molecule has 0 fully saturated rings. The average molecular weight is 392 g/mol. The zero-order chi connectivity index (χ0) is 18.8. The number of thiocarbonyl (C=S) groups is 1. The van der Waals surface area contributed by atoms with Gasteiger partial charge in [-0.25, -0.2) is 0 Å². The van der Waals surface area contributed by atoms with Crippen molar-refractivity contribution in [3.63, 3.8) is 0 Å². The van der Waals surface area contributed by atoms with Crippen molar-refractivity contribution in [1.29, 1.82) is 0 Å². The first-order valence-electron chi connectivity index (χ1n) is 8.27. The molecule has 0 unspecified atom stereocenters. The highest BCUT2D eigenvalue weighted by Crippen LogP contribution is 2.26. The van der Waals surface area contributed by atoms with E-state index in [-0.39, 0.29) is 11.0 Å². The quantitative estimate of drug-likeness (QED) is 0.463. The van der Waals surface area contributed by atoms with Crippen molar-refractivity contribution < 1.29 is 4.79 Å². The number of rotatable bonds is 2. The van der Waals surface area contributed by atoms with Gasteiger partial charge in [0.15, 0.2) is 5.11 Å². The van der Waals surface area contributed by atoms with Gasteiger partial charge < -0.3 is 5.32 Å². The fourth-order valence-electron chi connectivity index (χ4n) is 3.01. The van der Waals surface area contributed by atoms with Crippen LogP contribution < -0.4 is 10.6 Å². The van der Waals surface area contributed by atoms with E-state index >= 15 is 0 Å². The summed E-state index contributed by atoms with van der Waals surface area (Å²) < 4.78 is 0. The van der Waals surface area contributed by atoms with E-state index in [0.717, 1.165) is 27.4 Å². The molecule has 3 aromatic carbocycles. The molecule has 0 aliphatic heterocycles. The number of carbonyl (C=O) groups excluding carboxylic acids is 1. The Kier molecular flexibility index (Phi) is 4.71. The van der Waals surface area contributed by atoms with E-state index in [1.807, 2.05) is 48.5 Å². The maximum atomic E-state index is 12.7. The molecule has 1 aromatic heterocycles. The normalized spacial score (nSPS) is 10.7. The van der Waals surface area contributed by atoms with Gasteiger partial charge in [0, 0.05) is 33.2 Å². The van der Waals surface area contributed by atoms with Gasteiger partial charge in [0.1, 0.15) is 0 Å². The first-order valence-corrected chi connectivity index (χ1v) is 9.05. The van der Waals surface area contributed by atoms with Gasteiger partial charge in [-0.05, 0) is 54.0 Å². The number of amides is 1. The number of aromatic nitrogens is 1. The Morgan fingerprint density at radius 2 is 1.63 bits per heavy atom. The second kappa shape index (κ2) is 7.31. The molecular formula is C21H14ClN3OS. The largest absolute Gasteiger partial charge is 0.332 e. The molecule has 6 heteroatoms. The Morgan fingerprint density at radius 3 is 2.52 bits per heavy atom. The summed E-state index contributed by atoms with van der Waals surface area (Å²) in [7, 11) is 0. The first-order chi connectivity index (χ1) is 13.1. The Balaban J connectivity index is 1.58. The van der Waals surface area contributed by atoms with Gasteiger partial charge in [0.2, 0.25) is 0 Å². The number of halogens is 1. The lowest BCUT2D eigenvalue weighted by Crippen LogP contribution is -2.34. The number of hydrogen-bond donors (Lipinski definition) is 2. The Bertz CT molecular complexity index is 1190. The summed E-state index contributed by atoms with van der Waals surface area (Å²) in [6.07, 6.45) is 1.73. The molecule has 0 atom stereocenters. The second-order valence-corrected chi connectivity index (χ2v) is 6.74. The van der Waals surface area contributed by atoms with Crippen molar-refractivity contribution in [1.82, 2.24) is 10.3 Å². The number of fused-ring (bicyclic) bond motifs is 2. The topological polar surface area (TPSA) is 54.0 Å². The van der Waals surface area contributed by atoms with Gasteiger partial charge in [-0.2, -0.15) is 0 Å². The minimum atomic E-state index is -0.293. The maximum Gasteiger partial charge on any atom is 0.258 e. The summed E-state index contributed by atoms with van der Waals surface area (Å²) in [5, 5.41) is 9.17. The molecule has 0 spiro atoms. The lowest BCUT2D eigenvalue weighted by molar-refractivity contribution is 0.0979. The molecule has 27 heavy (non-hydrogen) atoms. The van der Waals surface area contributed by atoms with E-state index < -0.39 is 0 Å². The van der Waals surface area contributed by atoms with Crippen LogP contribution in [0.5, 0.6) is 0 Å². The van der Waals surface area contributed by atoms with Gasteiger partial charge in [0.25, 0.3) is 5.91 Å². The fourth-order valence-corrected chi connectivity index (χ4v) is 3.45. The molecule has 0 bridgehead atoms. The molecule has 0 saturated heterocycles. The minimum absolute atomic E-state index is 0.218. The van der Waals surface area contributed by atoms with Crippen LogP contribution >= 0.6 is 23.8 Å². The predicted molar refractivity (Wildman–Crippen MR) is 114 cm³/mol. The van der Waals surface area contributed by atoms with E-state index in [4.69, 9.17) is 23.8 Å². The van der Waals surface area contributed by atoms with Gasteiger partial charge in [-0.15, -0.1) is 0 Å². The summed E-state index contributed by atoms with van der Waals surface area (Å²) in [5.41, 5.74) is 2.14. The molecule has 1 amide bonds. The molecule has 2 N–H and O–H groups in total. The van der Waals surface area contributed by atoms with Crippen molar-refractivity contribution in [3.8, 4) is 0 Å². The molecule has 4 nitrogen and oxygen atoms in total. The zero-order valence-corrected chi connectivity index (χ0v) is 15.6. The Labute approximate surface area is 166 Å². The standard InChI is InChI=1S/C21H14ClN3OS/c22-17-9-2-5-13-14(17)6-1-7-15(13)20(26)25-21(27)24-19-11-3-10-18-16(19)8-4-12-23-18/h1-12H,(H2,24,25,26,27). The zero-order valence-electron chi connectivity index (χ0n) is 14.1. The predicted octanol–water partition coefficient (Wildman–Crippen LogP) is 5.17. The summed E-state index contributed by atoms with van der Waals surface area (Å²) in [5.74, 6) is -0.293. The van der Waals surface area contributed by atoms with E-state index in [0.29, 0.717) is 10.6 Å². The number of carbonyl (C=O) groups is 1. The Morgan fingerprint density at radius 1 is 0.889 bits per heavy atom. The smallest absolute Gasteiger partial charge is 0.258 e. The lowest BCUT2D eigenvalue weighted by atomic mass is 10.0. The number of anilines is 1. The third kappa shape index (κ3) is 3.47. The Hall–Kier alpha value is -3.02. The van der Waals surface area contributed by atoms with Crippen LogP contribution in [-0.2, 0) is 0 Å². The molecule has 4 aromatic rings. The van der Waals surface area contributed by atoms with Crippen molar-refractivity contribution in [2.75, 3.05) is 5.32 Å². The van der Waals surface area contributed by atoms with Gasteiger partial charge in [0.05, 0.1) is 5.52 Å². The summed E-state index contributed by atoms with van der Waals surface area (Å²) in [6.45, 7) is 0. The third-order valence-electron chi connectivity index (χ3n) is 4.23. The number of nitrogens with one attached hydrogen (secondary N) is 2. The van der Waals surface area contributed by atoms with Crippen molar-refractivity contribution in [2.45, 2.75) is 0 Å². The minimum Gasteiger partial charge on any atom is -0.332 e. The van der Waals surface area contributed by atoms with Gasteiger partial charge in [-0.1, -0.05) is 41.9 Å². The molecule has 4 rings (SSSR count). The highest BCUT2D eigenvalue weighted by Gasteiger charge is 2.13. The molecule has 132 valence electrons. The summed E-state index contributed by atoms with van der Waals surface area (Å²) in [6, 6.07) is 20.4. The van der Waals surface area contributed by atoms with E-state index in [1.165, 1.54) is 0 Å². The molecule has 0 aliphatic carbocycles. The molecule has 1 heterocycles. The van der Waals surface area contributed by atoms with Crippen LogP contribution in [-0.4, -0.2) is 16.0 Å². The van der Waals surface area contributed by atoms with Gasteiger partial charge in [-0.3, -0.25) is 15.1 Å². The van der Waals surface area contributed by atoms with Crippen molar-refractivity contribution in [3.05, 3.63) is 83.5 Å². The summed E-state index contributed by atoms with van der Waals surface area (Å²) in [4.78, 5) is 17.1. The monoisotopic (exact) mass is 391 g/mol. The van der Waals surface area contributed by atoms with E-state index in [1.54, 1.807) is 24.4 Å². The molecular weight excluding hydrogens is 378 g/mol. The number of hydrogen-bond acceptors (Lipinski definition) is 3. The molecule has 0 saturated carbocycles. The highest BCUT2D eigenvalue weighted by atomic mass is 35.5.